The Labute approximate surface area is 134 Å². The van der Waals surface area contributed by atoms with Gasteiger partial charge in [-0.15, -0.1) is 0 Å². The second-order valence-corrected chi connectivity index (χ2v) is 6.62. The molecule has 0 radical (unpaired) electrons. The number of hydrogen-bond donors (Lipinski definition) is 2. The molecule has 0 aromatic carbocycles. The summed E-state index contributed by atoms with van der Waals surface area (Å²) >= 11 is 0. The highest BCUT2D eigenvalue weighted by atomic mass is 16.3. The molecule has 7 heteroatoms. The molecule has 1 saturated heterocycles. The Morgan fingerprint density at radius 1 is 1.48 bits per heavy atom. The van der Waals surface area contributed by atoms with Crippen LogP contribution in [0, 0.1) is 12.3 Å². The maximum absolute atomic E-state index is 12.6. The van der Waals surface area contributed by atoms with Gasteiger partial charge in [-0.3, -0.25) is 9.59 Å². The molecule has 0 unspecified atom stereocenters. The Morgan fingerprint density at radius 3 is 2.87 bits per heavy atom. The van der Waals surface area contributed by atoms with E-state index in [0.29, 0.717) is 17.9 Å². The number of carbonyl (C=O) groups is 1. The maximum Gasteiger partial charge on any atom is 0.265 e. The first kappa shape index (κ1) is 15.7. The number of hydrogen-bond acceptors (Lipinski definition) is 5. The van der Waals surface area contributed by atoms with E-state index in [4.69, 9.17) is 4.42 Å². The van der Waals surface area contributed by atoms with Crippen molar-refractivity contribution in [1.82, 2.24) is 20.2 Å². The van der Waals surface area contributed by atoms with Gasteiger partial charge in [0.2, 0.25) is 5.71 Å². The SMILES string of the molecule is Cc1oc2ncn(C)c(=O)c2c1C(=O)NCC1(C)CCNCC1. The van der Waals surface area contributed by atoms with Crippen LogP contribution in [0.15, 0.2) is 15.5 Å². The fourth-order valence-corrected chi connectivity index (χ4v) is 3.05. The number of piperidine rings is 1. The van der Waals surface area contributed by atoms with Gasteiger partial charge in [-0.1, -0.05) is 6.92 Å². The normalized spacial score (nSPS) is 17.3. The van der Waals surface area contributed by atoms with Gasteiger partial charge in [0.25, 0.3) is 11.5 Å². The molecule has 1 fully saturated rings. The highest BCUT2D eigenvalue weighted by Crippen LogP contribution is 2.27. The monoisotopic (exact) mass is 318 g/mol. The summed E-state index contributed by atoms with van der Waals surface area (Å²) in [7, 11) is 1.61. The fourth-order valence-electron chi connectivity index (χ4n) is 3.05. The van der Waals surface area contributed by atoms with E-state index >= 15 is 0 Å². The second kappa shape index (κ2) is 5.81. The number of nitrogens with one attached hydrogen (secondary N) is 2. The number of rotatable bonds is 3. The largest absolute Gasteiger partial charge is 0.442 e. The van der Waals surface area contributed by atoms with E-state index in [1.165, 1.54) is 10.9 Å². The van der Waals surface area contributed by atoms with E-state index in [1.54, 1.807) is 14.0 Å². The van der Waals surface area contributed by atoms with Crippen LogP contribution in [-0.2, 0) is 7.05 Å². The molecule has 2 aromatic heterocycles. The molecule has 23 heavy (non-hydrogen) atoms. The molecule has 1 amide bonds. The Hall–Kier alpha value is -2.15. The molecule has 1 aliphatic rings. The first-order valence-corrected chi connectivity index (χ1v) is 7.85. The Bertz CT molecular complexity index is 799. The van der Waals surface area contributed by atoms with E-state index in [2.05, 4.69) is 22.5 Å². The zero-order chi connectivity index (χ0) is 16.6. The van der Waals surface area contributed by atoms with Gasteiger partial charge >= 0.3 is 0 Å². The molecule has 1 aliphatic heterocycles. The van der Waals surface area contributed by atoms with Gasteiger partial charge < -0.3 is 19.6 Å². The summed E-state index contributed by atoms with van der Waals surface area (Å²) in [5, 5.41) is 6.54. The van der Waals surface area contributed by atoms with Crippen LogP contribution in [0.3, 0.4) is 0 Å². The van der Waals surface area contributed by atoms with Gasteiger partial charge in [0.15, 0.2) is 0 Å². The fraction of sp³-hybridized carbons (Fsp3) is 0.562. The lowest BCUT2D eigenvalue weighted by atomic mass is 9.81. The number of nitrogens with zero attached hydrogens (tertiary/aromatic N) is 2. The summed E-state index contributed by atoms with van der Waals surface area (Å²) in [6.07, 6.45) is 3.43. The highest BCUT2D eigenvalue weighted by molar-refractivity contribution is 6.06. The summed E-state index contributed by atoms with van der Waals surface area (Å²) in [6.45, 7) is 6.37. The molecule has 0 atom stereocenters. The van der Waals surface area contributed by atoms with Crippen molar-refractivity contribution in [2.45, 2.75) is 26.7 Å². The number of aryl methyl sites for hydroxylation is 2. The maximum atomic E-state index is 12.6. The molecule has 0 bridgehead atoms. The van der Waals surface area contributed by atoms with Crippen LogP contribution < -0.4 is 16.2 Å². The van der Waals surface area contributed by atoms with Crippen molar-refractivity contribution in [1.29, 1.82) is 0 Å². The van der Waals surface area contributed by atoms with Gasteiger partial charge in [-0.05, 0) is 38.3 Å². The molecule has 3 rings (SSSR count). The van der Waals surface area contributed by atoms with Crippen molar-refractivity contribution in [3.8, 4) is 0 Å². The minimum absolute atomic E-state index is 0.0809. The smallest absolute Gasteiger partial charge is 0.265 e. The lowest BCUT2D eigenvalue weighted by Gasteiger charge is -2.34. The molecule has 7 nitrogen and oxygen atoms in total. The quantitative estimate of drug-likeness (QED) is 0.880. The third-order valence-corrected chi connectivity index (χ3v) is 4.66. The predicted molar refractivity (Wildman–Crippen MR) is 86.5 cm³/mol. The average Bonchev–Trinajstić information content (AvgIpc) is 2.86. The van der Waals surface area contributed by atoms with Crippen LogP contribution in [0.1, 0.15) is 35.9 Å². The van der Waals surface area contributed by atoms with Crippen molar-refractivity contribution in [3.63, 3.8) is 0 Å². The topological polar surface area (TPSA) is 89.2 Å². The lowest BCUT2D eigenvalue weighted by Crippen LogP contribution is -2.43. The number of amides is 1. The van der Waals surface area contributed by atoms with Crippen molar-refractivity contribution in [3.05, 3.63) is 28.0 Å². The van der Waals surface area contributed by atoms with Gasteiger partial charge in [0.1, 0.15) is 17.5 Å². The number of aromatic nitrogens is 2. The Balaban J connectivity index is 1.88. The van der Waals surface area contributed by atoms with Crippen LogP contribution in [0.5, 0.6) is 0 Å². The standard InChI is InChI=1S/C16H22N4O3/c1-10-11(12-14(23-10)19-9-20(3)15(12)22)13(21)18-8-16(2)4-6-17-7-5-16/h9,17H,4-8H2,1-3H3,(H,18,21). The Morgan fingerprint density at radius 2 is 2.17 bits per heavy atom. The van der Waals surface area contributed by atoms with Crippen LogP contribution in [-0.4, -0.2) is 35.1 Å². The van der Waals surface area contributed by atoms with E-state index in [0.717, 1.165) is 25.9 Å². The minimum Gasteiger partial charge on any atom is -0.442 e. The van der Waals surface area contributed by atoms with Gasteiger partial charge in [-0.2, -0.15) is 0 Å². The molecule has 124 valence electrons. The van der Waals surface area contributed by atoms with Crippen molar-refractivity contribution in [2.75, 3.05) is 19.6 Å². The van der Waals surface area contributed by atoms with E-state index < -0.39 is 0 Å². The zero-order valence-electron chi connectivity index (χ0n) is 13.7. The predicted octanol–water partition coefficient (Wildman–Crippen LogP) is 0.954. The summed E-state index contributed by atoms with van der Waals surface area (Å²) in [4.78, 5) is 29.0. The summed E-state index contributed by atoms with van der Waals surface area (Å²) < 4.78 is 6.83. The molecule has 0 saturated carbocycles. The third-order valence-electron chi connectivity index (χ3n) is 4.66. The summed E-state index contributed by atoms with van der Waals surface area (Å²) in [5.74, 6) is 0.148. The van der Waals surface area contributed by atoms with Crippen LogP contribution in [0.25, 0.3) is 11.1 Å². The van der Waals surface area contributed by atoms with Crippen molar-refractivity contribution >= 4 is 17.0 Å². The van der Waals surface area contributed by atoms with Crippen molar-refractivity contribution < 1.29 is 9.21 Å². The lowest BCUT2D eigenvalue weighted by molar-refractivity contribution is 0.0922. The molecule has 2 N–H and O–H groups in total. The first-order chi connectivity index (χ1) is 10.9. The zero-order valence-corrected chi connectivity index (χ0v) is 13.7. The van der Waals surface area contributed by atoms with E-state index in [9.17, 15) is 9.59 Å². The summed E-state index contributed by atoms with van der Waals surface area (Å²) in [5.41, 5.74) is 0.317. The van der Waals surface area contributed by atoms with Crippen LogP contribution in [0.4, 0.5) is 0 Å². The van der Waals surface area contributed by atoms with Crippen molar-refractivity contribution in [2.24, 2.45) is 12.5 Å². The molecule has 3 heterocycles. The molecule has 0 aliphatic carbocycles. The van der Waals surface area contributed by atoms with Crippen LogP contribution >= 0.6 is 0 Å². The molecular formula is C16H22N4O3. The second-order valence-electron chi connectivity index (χ2n) is 6.62. The number of fused-ring (bicyclic) bond motifs is 1. The van der Waals surface area contributed by atoms with E-state index in [1.807, 2.05) is 0 Å². The van der Waals surface area contributed by atoms with Gasteiger partial charge in [-0.25, -0.2) is 4.98 Å². The van der Waals surface area contributed by atoms with Gasteiger partial charge in [0, 0.05) is 13.6 Å². The van der Waals surface area contributed by atoms with Gasteiger partial charge in [0.05, 0.1) is 5.56 Å². The molecular weight excluding hydrogens is 296 g/mol. The third kappa shape index (κ3) is 2.88. The molecule has 0 spiro atoms. The van der Waals surface area contributed by atoms with E-state index in [-0.39, 0.29) is 28.0 Å². The average molecular weight is 318 g/mol. The van der Waals surface area contributed by atoms with Crippen LogP contribution in [0.2, 0.25) is 0 Å². The first-order valence-electron chi connectivity index (χ1n) is 7.85. The number of carbonyl (C=O) groups excluding carboxylic acids is 1. The highest BCUT2D eigenvalue weighted by Gasteiger charge is 2.29. The molecule has 2 aromatic rings. The number of furan rings is 1. The minimum atomic E-state index is -0.273. The summed E-state index contributed by atoms with van der Waals surface area (Å²) in [6, 6.07) is 0. The Kier molecular flexibility index (Phi) is 3.97.